The minimum absolute atomic E-state index is 0.583. The highest BCUT2D eigenvalue weighted by molar-refractivity contribution is 6.08. The van der Waals surface area contributed by atoms with E-state index in [1.54, 1.807) is 0 Å². The van der Waals surface area contributed by atoms with Crippen LogP contribution in [0.2, 0.25) is 0 Å². The first-order chi connectivity index (χ1) is 13.9. The predicted molar refractivity (Wildman–Crippen MR) is 116 cm³/mol. The molecule has 0 radical (unpaired) electrons. The standard InChI is InChI=1S/C26H21NO/c1-2-9-20(10-3-1)19-28-22-12-8-11-21(17-22)18-27-25-15-6-4-13-23(25)24-14-5-7-16-26(24)27/h1-17H,18-19H2. The van der Waals surface area contributed by atoms with Crippen LogP contribution in [-0.2, 0) is 13.2 Å². The highest BCUT2D eigenvalue weighted by Gasteiger charge is 2.10. The topological polar surface area (TPSA) is 14.2 Å². The number of ether oxygens (including phenoxy) is 1. The largest absolute Gasteiger partial charge is 0.489 e. The second kappa shape index (κ2) is 7.24. The van der Waals surface area contributed by atoms with Crippen molar-refractivity contribution in [3.05, 3.63) is 114 Å². The summed E-state index contributed by atoms with van der Waals surface area (Å²) in [5, 5.41) is 2.60. The Morgan fingerprint density at radius 2 is 1.18 bits per heavy atom. The van der Waals surface area contributed by atoms with Crippen molar-refractivity contribution in [2.45, 2.75) is 13.2 Å². The molecule has 2 nitrogen and oxygen atoms in total. The lowest BCUT2D eigenvalue weighted by molar-refractivity contribution is 0.306. The second-order valence-corrected chi connectivity index (χ2v) is 7.04. The van der Waals surface area contributed by atoms with Crippen LogP contribution >= 0.6 is 0 Å². The first-order valence-corrected chi connectivity index (χ1v) is 9.60. The van der Waals surface area contributed by atoms with Crippen LogP contribution in [0.4, 0.5) is 0 Å². The Balaban J connectivity index is 1.46. The van der Waals surface area contributed by atoms with Gasteiger partial charge in [0.05, 0.1) is 0 Å². The van der Waals surface area contributed by atoms with E-state index in [1.807, 2.05) is 24.3 Å². The van der Waals surface area contributed by atoms with Crippen LogP contribution in [0.25, 0.3) is 21.8 Å². The van der Waals surface area contributed by atoms with Crippen molar-refractivity contribution < 1.29 is 4.74 Å². The Morgan fingerprint density at radius 3 is 1.89 bits per heavy atom. The van der Waals surface area contributed by atoms with Crippen molar-refractivity contribution in [3.63, 3.8) is 0 Å². The molecule has 0 saturated carbocycles. The number of benzene rings is 4. The van der Waals surface area contributed by atoms with Gasteiger partial charge < -0.3 is 9.30 Å². The molecule has 4 aromatic carbocycles. The van der Waals surface area contributed by atoms with Crippen LogP contribution in [0.15, 0.2) is 103 Å². The van der Waals surface area contributed by atoms with Crippen molar-refractivity contribution in [2.24, 2.45) is 0 Å². The molecule has 0 saturated heterocycles. The molecule has 0 N–H and O–H groups in total. The van der Waals surface area contributed by atoms with Crippen molar-refractivity contribution in [1.82, 2.24) is 4.57 Å². The van der Waals surface area contributed by atoms with E-state index in [4.69, 9.17) is 4.74 Å². The zero-order valence-corrected chi connectivity index (χ0v) is 15.6. The van der Waals surface area contributed by atoms with Crippen LogP contribution in [0.5, 0.6) is 5.75 Å². The summed E-state index contributed by atoms with van der Waals surface area (Å²) in [7, 11) is 0. The Hall–Kier alpha value is -3.52. The number of aromatic nitrogens is 1. The lowest BCUT2D eigenvalue weighted by Gasteiger charge is -2.11. The fourth-order valence-electron chi connectivity index (χ4n) is 3.83. The third-order valence-corrected chi connectivity index (χ3v) is 5.17. The SMILES string of the molecule is c1ccc(COc2cccc(Cn3c4ccccc4c4ccccc43)c2)cc1. The van der Waals surface area contributed by atoms with Crippen LogP contribution in [0.1, 0.15) is 11.1 Å². The molecule has 1 heterocycles. The molecule has 0 aliphatic rings. The number of para-hydroxylation sites is 2. The van der Waals surface area contributed by atoms with Gasteiger partial charge in [-0.3, -0.25) is 0 Å². The van der Waals surface area contributed by atoms with Crippen LogP contribution < -0.4 is 4.74 Å². The van der Waals surface area contributed by atoms with Gasteiger partial charge in [-0.05, 0) is 35.4 Å². The summed E-state index contributed by atoms with van der Waals surface area (Å²) in [5.41, 5.74) is 4.94. The number of hydrogen-bond donors (Lipinski definition) is 0. The van der Waals surface area contributed by atoms with Gasteiger partial charge in [0.2, 0.25) is 0 Å². The van der Waals surface area contributed by atoms with Crippen molar-refractivity contribution in [1.29, 1.82) is 0 Å². The highest BCUT2D eigenvalue weighted by Crippen LogP contribution is 2.29. The third kappa shape index (κ3) is 3.14. The molecular formula is C26H21NO. The molecule has 5 rings (SSSR count). The smallest absolute Gasteiger partial charge is 0.120 e. The predicted octanol–water partition coefficient (Wildman–Crippen LogP) is 6.42. The van der Waals surface area contributed by atoms with E-state index in [9.17, 15) is 0 Å². The molecule has 0 atom stereocenters. The minimum Gasteiger partial charge on any atom is -0.489 e. The van der Waals surface area contributed by atoms with E-state index in [1.165, 1.54) is 32.9 Å². The fourth-order valence-corrected chi connectivity index (χ4v) is 3.83. The zero-order valence-electron chi connectivity index (χ0n) is 15.6. The molecule has 28 heavy (non-hydrogen) atoms. The van der Waals surface area contributed by atoms with Gasteiger partial charge in [0.1, 0.15) is 12.4 Å². The summed E-state index contributed by atoms with van der Waals surface area (Å²) in [4.78, 5) is 0. The van der Waals surface area contributed by atoms with Gasteiger partial charge in [0.15, 0.2) is 0 Å². The van der Waals surface area contributed by atoms with Gasteiger partial charge >= 0.3 is 0 Å². The normalized spacial score (nSPS) is 11.1. The van der Waals surface area contributed by atoms with Gasteiger partial charge in [-0.25, -0.2) is 0 Å². The lowest BCUT2D eigenvalue weighted by Crippen LogP contribution is -2.00. The first-order valence-electron chi connectivity index (χ1n) is 9.60. The van der Waals surface area contributed by atoms with Crippen LogP contribution in [0.3, 0.4) is 0 Å². The number of rotatable bonds is 5. The Bertz CT molecular complexity index is 1180. The van der Waals surface area contributed by atoms with Crippen LogP contribution in [-0.4, -0.2) is 4.57 Å². The number of hydrogen-bond acceptors (Lipinski definition) is 1. The fraction of sp³-hybridized carbons (Fsp3) is 0.0769. The number of fused-ring (bicyclic) bond motifs is 3. The molecular weight excluding hydrogens is 342 g/mol. The summed E-state index contributed by atoms with van der Waals surface area (Å²) < 4.78 is 8.41. The second-order valence-electron chi connectivity index (χ2n) is 7.04. The molecule has 136 valence electrons. The summed E-state index contributed by atoms with van der Waals surface area (Å²) in [6.45, 7) is 1.40. The van der Waals surface area contributed by atoms with Crippen LogP contribution in [0, 0.1) is 0 Å². The van der Waals surface area contributed by atoms with E-state index in [0.29, 0.717) is 6.61 Å². The van der Waals surface area contributed by atoms with Gasteiger partial charge in [-0.1, -0.05) is 78.9 Å². The Labute approximate surface area is 164 Å². The molecule has 0 aliphatic carbocycles. The van der Waals surface area contributed by atoms with E-state index in [0.717, 1.165) is 12.3 Å². The quantitative estimate of drug-likeness (QED) is 0.351. The minimum atomic E-state index is 0.583. The van der Waals surface area contributed by atoms with Gasteiger partial charge in [0.25, 0.3) is 0 Å². The molecule has 0 fully saturated rings. The maximum Gasteiger partial charge on any atom is 0.120 e. The Kier molecular flexibility index (Phi) is 4.30. The van der Waals surface area contributed by atoms with Crippen molar-refractivity contribution >= 4 is 21.8 Å². The lowest BCUT2D eigenvalue weighted by atomic mass is 10.2. The summed E-state index contributed by atoms with van der Waals surface area (Å²) in [5.74, 6) is 0.905. The summed E-state index contributed by atoms with van der Waals surface area (Å²) >= 11 is 0. The molecule has 2 heteroatoms. The molecule has 5 aromatic rings. The van der Waals surface area contributed by atoms with Crippen molar-refractivity contribution in [2.75, 3.05) is 0 Å². The maximum absolute atomic E-state index is 6.02. The molecule has 0 amide bonds. The maximum atomic E-state index is 6.02. The first kappa shape index (κ1) is 16.6. The summed E-state index contributed by atoms with van der Waals surface area (Å²) in [6, 6.07) is 35.9. The van der Waals surface area contributed by atoms with Gasteiger partial charge in [0, 0.05) is 28.4 Å². The van der Waals surface area contributed by atoms with Gasteiger partial charge in [-0.15, -0.1) is 0 Å². The van der Waals surface area contributed by atoms with E-state index >= 15 is 0 Å². The molecule has 0 aliphatic heterocycles. The zero-order chi connectivity index (χ0) is 18.8. The number of nitrogens with zero attached hydrogens (tertiary/aromatic N) is 1. The van der Waals surface area contributed by atoms with E-state index < -0.39 is 0 Å². The monoisotopic (exact) mass is 363 g/mol. The molecule has 0 bridgehead atoms. The van der Waals surface area contributed by atoms with E-state index in [-0.39, 0.29) is 0 Å². The molecule has 0 spiro atoms. The average Bonchev–Trinajstić information content (AvgIpc) is 3.07. The summed E-state index contributed by atoms with van der Waals surface area (Å²) in [6.07, 6.45) is 0. The average molecular weight is 363 g/mol. The molecule has 1 aromatic heterocycles. The Morgan fingerprint density at radius 1 is 0.571 bits per heavy atom. The van der Waals surface area contributed by atoms with Crippen molar-refractivity contribution in [3.8, 4) is 5.75 Å². The molecule has 0 unspecified atom stereocenters. The van der Waals surface area contributed by atoms with Gasteiger partial charge in [-0.2, -0.15) is 0 Å². The van der Waals surface area contributed by atoms with E-state index in [2.05, 4.69) is 83.4 Å². The highest BCUT2D eigenvalue weighted by atomic mass is 16.5. The third-order valence-electron chi connectivity index (χ3n) is 5.17.